The molecule has 1 N–H and O–H groups in total. The lowest BCUT2D eigenvalue weighted by molar-refractivity contribution is 0.278. The molecule has 0 unspecified atom stereocenters. The Hall–Kier alpha value is -1.08. The van der Waals surface area contributed by atoms with Crippen LogP contribution in [0.1, 0.15) is 18.4 Å². The van der Waals surface area contributed by atoms with Crippen molar-refractivity contribution >= 4 is 6.08 Å². The lowest BCUT2D eigenvalue weighted by Gasteiger charge is -1.92. The summed E-state index contributed by atoms with van der Waals surface area (Å²) in [5.41, 5.74) is 1.27. The SMILES string of the molecule is OCC[C@H]1C[C@H]1/C=C/c1ccccc1. The summed E-state index contributed by atoms with van der Waals surface area (Å²) < 4.78 is 0. The summed E-state index contributed by atoms with van der Waals surface area (Å²) in [6, 6.07) is 10.4. The Morgan fingerprint density at radius 3 is 2.79 bits per heavy atom. The third kappa shape index (κ3) is 2.46. The van der Waals surface area contributed by atoms with E-state index < -0.39 is 0 Å². The zero-order chi connectivity index (χ0) is 9.80. The van der Waals surface area contributed by atoms with Gasteiger partial charge in [-0.05, 0) is 30.2 Å². The first kappa shape index (κ1) is 9.47. The maximum absolute atomic E-state index is 8.76. The van der Waals surface area contributed by atoms with Crippen LogP contribution >= 0.6 is 0 Å². The van der Waals surface area contributed by atoms with Crippen LogP contribution in [0.5, 0.6) is 0 Å². The van der Waals surface area contributed by atoms with Gasteiger partial charge in [0.15, 0.2) is 0 Å². The molecule has 0 amide bonds. The van der Waals surface area contributed by atoms with E-state index in [1.807, 2.05) is 6.07 Å². The van der Waals surface area contributed by atoms with Crippen molar-refractivity contribution in [1.82, 2.24) is 0 Å². The highest BCUT2D eigenvalue weighted by molar-refractivity contribution is 5.49. The van der Waals surface area contributed by atoms with E-state index in [1.54, 1.807) is 0 Å². The van der Waals surface area contributed by atoms with E-state index in [0.29, 0.717) is 12.5 Å². The molecule has 1 aromatic rings. The molecule has 1 aliphatic carbocycles. The van der Waals surface area contributed by atoms with Crippen molar-refractivity contribution < 1.29 is 5.11 Å². The van der Waals surface area contributed by atoms with E-state index in [4.69, 9.17) is 5.11 Å². The van der Waals surface area contributed by atoms with Gasteiger partial charge in [0.05, 0.1) is 0 Å². The predicted molar refractivity (Wildman–Crippen MR) is 58.8 cm³/mol. The second-order valence-electron chi connectivity index (χ2n) is 3.94. The predicted octanol–water partition coefficient (Wildman–Crippen LogP) is 2.72. The van der Waals surface area contributed by atoms with Crippen LogP contribution in [-0.4, -0.2) is 11.7 Å². The van der Waals surface area contributed by atoms with Crippen molar-refractivity contribution in [2.24, 2.45) is 11.8 Å². The van der Waals surface area contributed by atoms with Crippen molar-refractivity contribution in [2.45, 2.75) is 12.8 Å². The number of benzene rings is 1. The average Bonchev–Trinajstić information content (AvgIpc) is 2.96. The molecule has 74 valence electrons. The van der Waals surface area contributed by atoms with Gasteiger partial charge in [-0.25, -0.2) is 0 Å². The quantitative estimate of drug-likeness (QED) is 0.770. The molecule has 1 aliphatic rings. The molecule has 0 bridgehead atoms. The van der Waals surface area contributed by atoms with Crippen LogP contribution in [0.3, 0.4) is 0 Å². The van der Waals surface area contributed by atoms with Gasteiger partial charge in [0.25, 0.3) is 0 Å². The van der Waals surface area contributed by atoms with E-state index in [0.717, 1.165) is 12.3 Å². The fourth-order valence-corrected chi connectivity index (χ4v) is 1.80. The molecule has 0 spiro atoms. The number of hydrogen-bond donors (Lipinski definition) is 1. The van der Waals surface area contributed by atoms with Gasteiger partial charge >= 0.3 is 0 Å². The van der Waals surface area contributed by atoms with Gasteiger partial charge in [0, 0.05) is 6.61 Å². The molecule has 1 fully saturated rings. The minimum absolute atomic E-state index is 0.334. The summed E-state index contributed by atoms with van der Waals surface area (Å²) in [6.07, 6.45) is 6.67. The molecule has 2 rings (SSSR count). The van der Waals surface area contributed by atoms with E-state index in [-0.39, 0.29) is 0 Å². The largest absolute Gasteiger partial charge is 0.396 e. The third-order valence-corrected chi connectivity index (χ3v) is 2.81. The van der Waals surface area contributed by atoms with Crippen LogP contribution in [-0.2, 0) is 0 Å². The standard InChI is InChI=1S/C13H16O/c14-9-8-13-10-12(13)7-6-11-4-2-1-3-5-11/h1-7,12-14H,8-10H2/b7-6+/t12-,13+/m1/s1. The molecule has 0 saturated heterocycles. The highest BCUT2D eigenvalue weighted by Gasteiger charge is 2.33. The van der Waals surface area contributed by atoms with Crippen molar-refractivity contribution in [1.29, 1.82) is 0 Å². The molecular formula is C13H16O. The number of hydrogen-bond acceptors (Lipinski definition) is 1. The zero-order valence-corrected chi connectivity index (χ0v) is 8.26. The Labute approximate surface area is 85.1 Å². The van der Waals surface area contributed by atoms with Crippen LogP contribution in [0.2, 0.25) is 0 Å². The summed E-state index contributed by atoms with van der Waals surface area (Å²) in [6.45, 7) is 0.334. The van der Waals surface area contributed by atoms with E-state index >= 15 is 0 Å². The van der Waals surface area contributed by atoms with Crippen molar-refractivity contribution in [2.75, 3.05) is 6.61 Å². The van der Waals surface area contributed by atoms with Gasteiger partial charge in [0.1, 0.15) is 0 Å². The van der Waals surface area contributed by atoms with Crippen LogP contribution < -0.4 is 0 Å². The Bertz CT molecular complexity index is 302. The van der Waals surface area contributed by atoms with Crippen molar-refractivity contribution in [3.63, 3.8) is 0 Å². The van der Waals surface area contributed by atoms with E-state index in [2.05, 4.69) is 36.4 Å². The molecule has 1 nitrogen and oxygen atoms in total. The highest BCUT2D eigenvalue weighted by atomic mass is 16.3. The van der Waals surface area contributed by atoms with Gasteiger partial charge in [-0.1, -0.05) is 42.5 Å². The maximum atomic E-state index is 8.76. The summed E-state index contributed by atoms with van der Waals surface area (Å²) in [5, 5.41) is 8.76. The van der Waals surface area contributed by atoms with Gasteiger partial charge in [0.2, 0.25) is 0 Å². The second-order valence-corrected chi connectivity index (χ2v) is 3.94. The van der Waals surface area contributed by atoms with Crippen LogP contribution in [0.4, 0.5) is 0 Å². The third-order valence-electron chi connectivity index (χ3n) is 2.81. The lowest BCUT2D eigenvalue weighted by atomic mass is 10.2. The minimum Gasteiger partial charge on any atom is -0.396 e. The minimum atomic E-state index is 0.334. The molecule has 14 heavy (non-hydrogen) atoms. The molecule has 1 aromatic carbocycles. The first-order valence-electron chi connectivity index (χ1n) is 5.24. The molecule has 2 atom stereocenters. The fourth-order valence-electron chi connectivity index (χ4n) is 1.80. The van der Waals surface area contributed by atoms with E-state index in [9.17, 15) is 0 Å². The maximum Gasteiger partial charge on any atom is 0.0433 e. The van der Waals surface area contributed by atoms with Crippen LogP contribution in [0, 0.1) is 11.8 Å². The Balaban J connectivity index is 1.85. The molecule has 0 radical (unpaired) electrons. The number of rotatable bonds is 4. The van der Waals surface area contributed by atoms with Gasteiger partial charge in [-0.2, -0.15) is 0 Å². The first-order chi connectivity index (χ1) is 6.90. The Kier molecular flexibility index (Phi) is 3.00. The highest BCUT2D eigenvalue weighted by Crippen LogP contribution is 2.42. The summed E-state index contributed by atoms with van der Waals surface area (Å²) in [7, 11) is 0. The lowest BCUT2D eigenvalue weighted by Crippen LogP contribution is -1.85. The number of aliphatic hydroxyl groups is 1. The smallest absolute Gasteiger partial charge is 0.0433 e. The molecular weight excluding hydrogens is 172 g/mol. The number of aliphatic hydroxyl groups excluding tert-OH is 1. The Morgan fingerprint density at radius 1 is 1.29 bits per heavy atom. The second kappa shape index (κ2) is 4.43. The topological polar surface area (TPSA) is 20.2 Å². The van der Waals surface area contributed by atoms with Crippen LogP contribution in [0.15, 0.2) is 36.4 Å². The van der Waals surface area contributed by atoms with Gasteiger partial charge < -0.3 is 5.11 Å². The molecule has 1 saturated carbocycles. The summed E-state index contributed by atoms with van der Waals surface area (Å²) >= 11 is 0. The van der Waals surface area contributed by atoms with Crippen LogP contribution in [0.25, 0.3) is 6.08 Å². The fraction of sp³-hybridized carbons (Fsp3) is 0.385. The summed E-state index contributed by atoms with van der Waals surface area (Å²) in [5.74, 6) is 1.45. The van der Waals surface area contributed by atoms with Gasteiger partial charge in [-0.15, -0.1) is 0 Å². The zero-order valence-electron chi connectivity index (χ0n) is 8.26. The van der Waals surface area contributed by atoms with Gasteiger partial charge in [-0.3, -0.25) is 0 Å². The van der Waals surface area contributed by atoms with E-state index in [1.165, 1.54) is 12.0 Å². The average molecular weight is 188 g/mol. The normalized spacial score (nSPS) is 25.5. The molecule has 0 aromatic heterocycles. The van der Waals surface area contributed by atoms with Crippen molar-refractivity contribution in [3.05, 3.63) is 42.0 Å². The summed E-state index contributed by atoms with van der Waals surface area (Å²) in [4.78, 5) is 0. The first-order valence-corrected chi connectivity index (χ1v) is 5.24. The number of allylic oxidation sites excluding steroid dienone is 1. The molecule has 0 heterocycles. The Morgan fingerprint density at radius 2 is 2.07 bits per heavy atom. The molecule has 0 aliphatic heterocycles. The molecule has 1 heteroatoms. The monoisotopic (exact) mass is 188 g/mol. The van der Waals surface area contributed by atoms with Crippen molar-refractivity contribution in [3.8, 4) is 0 Å².